The number of nitrogens with two attached hydrogens (primary N) is 1. The molecule has 0 atom stereocenters. The second kappa shape index (κ2) is 6.71. The van der Waals surface area contributed by atoms with Gasteiger partial charge in [-0.2, -0.15) is 0 Å². The lowest BCUT2D eigenvalue weighted by Gasteiger charge is -2.16. The van der Waals surface area contributed by atoms with Crippen LogP contribution in [0.2, 0.25) is 0 Å². The first-order chi connectivity index (χ1) is 8.54. The van der Waals surface area contributed by atoms with Gasteiger partial charge in [0.05, 0.1) is 14.2 Å². The zero-order valence-electron chi connectivity index (χ0n) is 11.4. The first-order valence-electron chi connectivity index (χ1n) is 6.04. The van der Waals surface area contributed by atoms with Gasteiger partial charge < -0.3 is 15.2 Å². The molecule has 1 aromatic carbocycles. The summed E-state index contributed by atoms with van der Waals surface area (Å²) in [5.74, 6) is 1.90. The van der Waals surface area contributed by atoms with E-state index in [0.29, 0.717) is 12.5 Å². The van der Waals surface area contributed by atoms with E-state index in [2.05, 4.69) is 13.8 Å². The van der Waals surface area contributed by atoms with Crippen molar-refractivity contribution in [2.75, 3.05) is 20.8 Å². The first kappa shape index (κ1) is 14.9. The highest BCUT2D eigenvalue weighted by atomic mass is 32.1. The van der Waals surface area contributed by atoms with Gasteiger partial charge in [-0.25, -0.2) is 0 Å². The van der Waals surface area contributed by atoms with E-state index in [9.17, 15) is 0 Å². The van der Waals surface area contributed by atoms with E-state index in [1.807, 2.05) is 12.1 Å². The Bertz CT molecular complexity index is 430. The Kier molecular flexibility index (Phi) is 5.56. The number of rotatable bonds is 6. The lowest BCUT2D eigenvalue weighted by atomic mass is 9.98. The fourth-order valence-corrected chi connectivity index (χ4v) is 1.97. The predicted octanol–water partition coefficient (Wildman–Crippen LogP) is 2.58. The van der Waals surface area contributed by atoms with Crippen LogP contribution in [0.5, 0.6) is 11.5 Å². The van der Waals surface area contributed by atoms with Gasteiger partial charge in [0, 0.05) is 10.4 Å². The van der Waals surface area contributed by atoms with E-state index in [4.69, 9.17) is 27.4 Å². The van der Waals surface area contributed by atoms with Crippen LogP contribution in [0.25, 0.3) is 0 Å². The minimum Gasteiger partial charge on any atom is -0.496 e. The zero-order chi connectivity index (χ0) is 13.7. The van der Waals surface area contributed by atoms with Crippen molar-refractivity contribution < 1.29 is 9.47 Å². The third kappa shape index (κ3) is 3.21. The molecule has 0 aliphatic rings. The lowest BCUT2D eigenvalue weighted by Crippen LogP contribution is -2.10. The third-order valence-corrected chi connectivity index (χ3v) is 3.50. The van der Waals surface area contributed by atoms with E-state index in [0.717, 1.165) is 33.9 Å². The van der Waals surface area contributed by atoms with Crippen molar-refractivity contribution in [2.24, 2.45) is 11.7 Å². The fraction of sp³-hybridized carbons (Fsp3) is 0.500. The molecule has 0 unspecified atom stereocenters. The maximum atomic E-state index is 5.60. The van der Waals surface area contributed by atoms with Crippen LogP contribution >= 0.6 is 12.2 Å². The molecule has 1 aromatic rings. The molecule has 0 spiro atoms. The molecule has 0 saturated carbocycles. The number of hydrogen-bond acceptors (Lipinski definition) is 4. The Labute approximate surface area is 114 Å². The molecule has 0 aliphatic carbocycles. The summed E-state index contributed by atoms with van der Waals surface area (Å²) in [5.41, 5.74) is 7.58. The molecule has 1 rings (SSSR count). The number of benzene rings is 1. The van der Waals surface area contributed by atoms with Crippen molar-refractivity contribution in [3.8, 4) is 11.5 Å². The second-order valence-corrected chi connectivity index (χ2v) is 4.86. The molecule has 2 N–H and O–H groups in total. The van der Waals surface area contributed by atoms with Crippen molar-refractivity contribution >= 4 is 17.1 Å². The number of thiocarbonyl (C=S) groups is 1. The van der Waals surface area contributed by atoms with Gasteiger partial charge >= 0.3 is 0 Å². The van der Waals surface area contributed by atoms with Crippen LogP contribution in [-0.2, 0) is 6.42 Å². The first-order valence-corrected chi connectivity index (χ1v) is 6.45. The number of hydrogen-bond donors (Lipinski definition) is 1. The Morgan fingerprint density at radius 1 is 1.22 bits per heavy atom. The largest absolute Gasteiger partial charge is 0.496 e. The summed E-state index contributed by atoms with van der Waals surface area (Å²) in [6.07, 6.45) is 0.758. The van der Waals surface area contributed by atoms with Crippen molar-refractivity contribution in [1.29, 1.82) is 0 Å². The smallest absolute Gasteiger partial charge is 0.127 e. The van der Waals surface area contributed by atoms with Gasteiger partial charge in [0.15, 0.2) is 0 Å². The number of methoxy groups -OCH3 is 2. The zero-order valence-corrected chi connectivity index (χ0v) is 12.3. The molecule has 0 amide bonds. The van der Waals surface area contributed by atoms with E-state index < -0.39 is 0 Å². The van der Waals surface area contributed by atoms with E-state index >= 15 is 0 Å². The normalized spacial score (nSPS) is 10.6. The Morgan fingerprint density at radius 2 is 1.83 bits per heavy atom. The van der Waals surface area contributed by atoms with Crippen molar-refractivity contribution in [1.82, 2.24) is 0 Å². The summed E-state index contributed by atoms with van der Waals surface area (Å²) in [5, 5.41) is 0. The summed E-state index contributed by atoms with van der Waals surface area (Å²) < 4.78 is 10.8. The van der Waals surface area contributed by atoms with Gasteiger partial charge in [0.25, 0.3) is 0 Å². The van der Waals surface area contributed by atoms with Crippen LogP contribution in [0.1, 0.15) is 25.0 Å². The lowest BCUT2D eigenvalue weighted by molar-refractivity contribution is 0.398. The monoisotopic (exact) mass is 267 g/mol. The topological polar surface area (TPSA) is 44.5 Å². The minimum absolute atomic E-state index is 0.291. The Balaban J connectivity index is 3.30. The summed E-state index contributed by atoms with van der Waals surface area (Å²) in [6, 6.07) is 3.92. The standard InChI is InChI=1S/C14H21NO2S/c1-9(2)14(18)11-8-12(16-3)10(5-6-15)7-13(11)17-4/h7-9H,5-6,15H2,1-4H3. The maximum absolute atomic E-state index is 5.60. The molecule has 0 fully saturated rings. The third-order valence-electron chi connectivity index (χ3n) is 2.81. The van der Waals surface area contributed by atoms with Crippen LogP contribution in [0.3, 0.4) is 0 Å². The molecule has 18 heavy (non-hydrogen) atoms. The summed E-state index contributed by atoms with van der Waals surface area (Å²) in [6.45, 7) is 4.72. The van der Waals surface area contributed by atoms with Crippen LogP contribution in [0.15, 0.2) is 12.1 Å². The SMILES string of the molecule is COc1cc(C(=S)C(C)C)c(OC)cc1CCN. The van der Waals surface area contributed by atoms with Crippen molar-refractivity contribution in [2.45, 2.75) is 20.3 Å². The van der Waals surface area contributed by atoms with Crippen LogP contribution in [0.4, 0.5) is 0 Å². The minimum atomic E-state index is 0.291. The van der Waals surface area contributed by atoms with E-state index in [1.54, 1.807) is 14.2 Å². The van der Waals surface area contributed by atoms with E-state index in [1.165, 1.54) is 0 Å². The summed E-state index contributed by atoms with van der Waals surface area (Å²) >= 11 is 5.45. The average Bonchev–Trinajstić information content (AvgIpc) is 2.37. The predicted molar refractivity (Wildman–Crippen MR) is 78.8 cm³/mol. The van der Waals surface area contributed by atoms with Crippen LogP contribution in [0, 0.1) is 5.92 Å². The molecule has 4 heteroatoms. The fourth-order valence-electron chi connectivity index (χ4n) is 1.82. The van der Waals surface area contributed by atoms with Crippen LogP contribution < -0.4 is 15.2 Å². The average molecular weight is 267 g/mol. The van der Waals surface area contributed by atoms with Gasteiger partial charge in [-0.3, -0.25) is 0 Å². The second-order valence-electron chi connectivity index (χ2n) is 4.42. The van der Waals surface area contributed by atoms with Crippen molar-refractivity contribution in [3.05, 3.63) is 23.3 Å². The van der Waals surface area contributed by atoms with Gasteiger partial charge in [-0.05, 0) is 36.6 Å². The summed E-state index contributed by atoms with van der Waals surface area (Å²) in [4.78, 5) is 0.879. The molecule has 0 aliphatic heterocycles. The van der Waals surface area contributed by atoms with E-state index in [-0.39, 0.29) is 0 Å². The summed E-state index contributed by atoms with van der Waals surface area (Å²) in [7, 11) is 3.31. The highest BCUT2D eigenvalue weighted by Gasteiger charge is 2.16. The highest BCUT2D eigenvalue weighted by molar-refractivity contribution is 7.80. The number of ether oxygens (including phenoxy) is 2. The molecule has 3 nitrogen and oxygen atoms in total. The highest BCUT2D eigenvalue weighted by Crippen LogP contribution is 2.31. The molecule has 0 aromatic heterocycles. The quantitative estimate of drug-likeness (QED) is 0.635. The van der Waals surface area contributed by atoms with Gasteiger partial charge in [-0.15, -0.1) is 0 Å². The Morgan fingerprint density at radius 3 is 2.28 bits per heavy atom. The molecule has 0 bridgehead atoms. The molecular weight excluding hydrogens is 246 g/mol. The molecule has 0 heterocycles. The molecular formula is C14H21NO2S. The maximum Gasteiger partial charge on any atom is 0.127 e. The Hall–Kier alpha value is -1.13. The van der Waals surface area contributed by atoms with Gasteiger partial charge in [-0.1, -0.05) is 26.1 Å². The van der Waals surface area contributed by atoms with Crippen molar-refractivity contribution in [3.63, 3.8) is 0 Å². The van der Waals surface area contributed by atoms with Gasteiger partial charge in [0.1, 0.15) is 11.5 Å². The molecule has 100 valence electrons. The molecule has 0 saturated heterocycles. The molecule has 0 radical (unpaired) electrons. The van der Waals surface area contributed by atoms with Crippen LogP contribution in [-0.4, -0.2) is 25.6 Å². The van der Waals surface area contributed by atoms with Gasteiger partial charge in [0.2, 0.25) is 0 Å².